The smallest absolute Gasteiger partial charge is 0.316 e. The molecule has 0 spiro atoms. The average molecular weight is 287 g/mol. The number of ether oxygens (including phenoxy) is 1. The number of imidazole rings is 1. The molecular formula is C15H21N5O. The van der Waals surface area contributed by atoms with E-state index in [-0.39, 0.29) is 6.10 Å². The molecule has 0 saturated carbocycles. The third-order valence-corrected chi connectivity index (χ3v) is 3.80. The van der Waals surface area contributed by atoms with Crippen molar-refractivity contribution >= 4 is 0 Å². The summed E-state index contributed by atoms with van der Waals surface area (Å²) in [6, 6.07) is 2.30. The monoisotopic (exact) mass is 287 g/mol. The van der Waals surface area contributed by atoms with Crippen molar-refractivity contribution in [1.82, 2.24) is 24.4 Å². The highest BCUT2D eigenvalue weighted by molar-refractivity contribution is 4.94. The van der Waals surface area contributed by atoms with Gasteiger partial charge in [-0.15, -0.1) is 0 Å². The van der Waals surface area contributed by atoms with Crippen molar-refractivity contribution in [2.45, 2.75) is 31.9 Å². The van der Waals surface area contributed by atoms with Crippen LogP contribution < -0.4 is 4.74 Å². The normalized spacial score (nSPS) is 17.0. The first-order valence-corrected chi connectivity index (χ1v) is 7.52. The lowest BCUT2D eigenvalue weighted by molar-refractivity contribution is 0.0915. The van der Waals surface area contributed by atoms with E-state index in [1.807, 2.05) is 18.7 Å². The van der Waals surface area contributed by atoms with Crippen LogP contribution >= 0.6 is 0 Å². The Kier molecular flexibility index (Phi) is 4.78. The van der Waals surface area contributed by atoms with Crippen molar-refractivity contribution in [2.75, 3.05) is 19.6 Å². The Hall–Kier alpha value is -1.95. The summed E-state index contributed by atoms with van der Waals surface area (Å²) in [6.45, 7) is 4.34. The first kappa shape index (κ1) is 14.0. The molecule has 112 valence electrons. The zero-order valence-corrected chi connectivity index (χ0v) is 12.1. The van der Waals surface area contributed by atoms with E-state index < -0.39 is 0 Å². The number of aryl methyl sites for hydroxylation is 1. The fourth-order valence-corrected chi connectivity index (χ4v) is 2.64. The molecule has 0 bridgehead atoms. The fraction of sp³-hybridized carbons (Fsp3) is 0.533. The molecule has 0 radical (unpaired) electrons. The van der Waals surface area contributed by atoms with Crippen molar-refractivity contribution in [2.24, 2.45) is 0 Å². The van der Waals surface area contributed by atoms with Crippen LogP contribution in [0.25, 0.3) is 0 Å². The van der Waals surface area contributed by atoms with E-state index >= 15 is 0 Å². The molecule has 1 aliphatic rings. The SMILES string of the molecule is c1cnc(OC2CCN(CCCn3ccnc3)CC2)nc1. The molecule has 0 aliphatic carbocycles. The Morgan fingerprint density at radius 1 is 1.10 bits per heavy atom. The Bertz CT molecular complexity index is 508. The summed E-state index contributed by atoms with van der Waals surface area (Å²) in [4.78, 5) is 14.8. The summed E-state index contributed by atoms with van der Waals surface area (Å²) in [5.74, 6) is 0. The van der Waals surface area contributed by atoms with Gasteiger partial charge >= 0.3 is 6.01 Å². The molecule has 2 aromatic heterocycles. The standard InChI is InChI=1S/C15H21N5O/c1-5-17-15(18-6-1)21-14-3-10-19(11-4-14)8-2-9-20-12-7-16-13-20/h1,5-7,12-14H,2-4,8-11H2. The van der Waals surface area contributed by atoms with Gasteiger partial charge in [-0.25, -0.2) is 15.0 Å². The summed E-state index contributed by atoms with van der Waals surface area (Å²) in [7, 11) is 0. The second kappa shape index (κ2) is 7.17. The maximum Gasteiger partial charge on any atom is 0.316 e. The zero-order valence-electron chi connectivity index (χ0n) is 12.1. The van der Waals surface area contributed by atoms with E-state index in [9.17, 15) is 0 Å². The van der Waals surface area contributed by atoms with Crippen LogP contribution in [0.4, 0.5) is 0 Å². The van der Waals surface area contributed by atoms with Crippen LogP contribution in [0.3, 0.4) is 0 Å². The zero-order chi connectivity index (χ0) is 14.3. The number of hydrogen-bond acceptors (Lipinski definition) is 5. The number of rotatable bonds is 6. The number of nitrogens with zero attached hydrogens (tertiary/aromatic N) is 5. The molecular weight excluding hydrogens is 266 g/mol. The van der Waals surface area contributed by atoms with Gasteiger partial charge in [0.15, 0.2) is 0 Å². The van der Waals surface area contributed by atoms with Crippen LogP contribution in [0.1, 0.15) is 19.3 Å². The van der Waals surface area contributed by atoms with Crippen molar-refractivity contribution in [3.05, 3.63) is 37.2 Å². The minimum absolute atomic E-state index is 0.247. The van der Waals surface area contributed by atoms with Crippen LogP contribution in [0.5, 0.6) is 6.01 Å². The minimum Gasteiger partial charge on any atom is -0.460 e. The number of likely N-dealkylation sites (tertiary alicyclic amines) is 1. The van der Waals surface area contributed by atoms with E-state index in [0.717, 1.165) is 45.4 Å². The van der Waals surface area contributed by atoms with Crippen LogP contribution in [0.15, 0.2) is 37.2 Å². The Morgan fingerprint density at radius 3 is 2.62 bits per heavy atom. The van der Waals surface area contributed by atoms with E-state index in [1.54, 1.807) is 18.5 Å². The first-order chi connectivity index (χ1) is 10.4. The molecule has 1 saturated heterocycles. The molecule has 0 amide bonds. The topological polar surface area (TPSA) is 56.1 Å². The van der Waals surface area contributed by atoms with Gasteiger partial charge in [0.05, 0.1) is 6.33 Å². The van der Waals surface area contributed by atoms with Gasteiger partial charge in [0.1, 0.15) is 6.10 Å². The summed E-state index contributed by atoms with van der Waals surface area (Å²) in [6.07, 6.45) is 12.6. The Balaban J connectivity index is 1.35. The maximum atomic E-state index is 5.81. The van der Waals surface area contributed by atoms with Crippen LogP contribution in [-0.4, -0.2) is 50.2 Å². The maximum absolute atomic E-state index is 5.81. The van der Waals surface area contributed by atoms with Crippen molar-refractivity contribution < 1.29 is 4.74 Å². The van der Waals surface area contributed by atoms with Crippen LogP contribution in [0.2, 0.25) is 0 Å². The van der Waals surface area contributed by atoms with Gasteiger partial charge in [-0.1, -0.05) is 0 Å². The van der Waals surface area contributed by atoms with Gasteiger partial charge in [-0.05, 0) is 31.9 Å². The highest BCUT2D eigenvalue weighted by Crippen LogP contribution is 2.15. The second-order valence-corrected chi connectivity index (χ2v) is 5.34. The molecule has 1 fully saturated rings. The van der Waals surface area contributed by atoms with Gasteiger partial charge in [-0.2, -0.15) is 0 Å². The largest absolute Gasteiger partial charge is 0.460 e. The van der Waals surface area contributed by atoms with Crippen LogP contribution in [-0.2, 0) is 6.54 Å². The predicted molar refractivity (Wildman–Crippen MR) is 79.0 cm³/mol. The lowest BCUT2D eigenvalue weighted by Crippen LogP contribution is -2.39. The molecule has 21 heavy (non-hydrogen) atoms. The van der Waals surface area contributed by atoms with Crippen LogP contribution in [0, 0.1) is 0 Å². The average Bonchev–Trinajstić information content (AvgIpc) is 3.03. The van der Waals surface area contributed by atoms with E-state index in [4.69, 9.17) is 4.74 Å². The number of piperidine rings is 1. The number of aromatic nitrogens is 4. The molecule has 6 heteroatoms. The molecule has 0 aromatic carbocycles. The summed E-state index contributed by atoms with van der Waals surface area (Å²) in [5, 5.41) is 0. The third-order valence-electron chi connectivity index (χ3n) is 3.80. The molecule has 6 nitrogen and oxygen atoms in total. The molecule has 0 unspecified atom stereocenters. The quantitative estimate of drug-likeness (QED) is 0.808. The van der Waals surface area contributed by atoms with Crippen molar-refractivity contribution in [3.63, 3.8) is 0 Å². The summed E-state index contributed by atoms with van der Waals surface area (Å²) >= 11 is 0. The van der Waals surface area contributed by atoms with Gasteiger partial charge in [0.2, 0.25) is 0 Å². The second-order valence-electron chi connectivity index (χ2n) is 5.34. The Morgan fingerprint density at radius 2 is 1.90 bits per heavy atom. The summed E-state index contributed by atoms with van der Waals surface area (Å²) in [5.41, 5.74) is 0. The van der Waals surface area contributed by atoms with Crippen molar-refractivity contribution in [1.29, 1.82) is 0 Å². The first-order valence-electron chi connectivity index (χ1n) is 7.52. The highest BCUT2D eigenvalue weighted by Gasteiger charge is 2.20. The molecule has 3 heterocycles. The highest BCUT2D eigenvalue weighted by atomic mass is 16.5. The minimum atomic E-state index is 0.247. The molecule has 2 aromatic rings. The van der Waals surface area contributed by atoms with Gasteiger partial charge < -0.3 is 14.2 Å². The molecule has 1 aliphatic heterocycles. The number of hydrogen-bond donors (Lipinski definition) is 0. The van der Waals surface area contributed by atoms with E-state index in [2.05, 4.69) is 24.4 Å². The van der Waals surface area contributed by atoms with Gasteiger partial charge in [0.25, 0.3) is 0 Å². The lowest BCUT2D eigenvalue weighted by atomic mass is 10.1. The van der Waals surface area contributed by atoms with Gasteiger partial charge in [-0.3, -0.25) is 0 Å². The predicted octanol–water partition coefficient (Wildman–Crippen LogP) is 1.61. The van der Waals surface area contributed by atoms with E-state index in [1.165, 1.54) is 0 Å². The lowest BCUT2D eigenvalue weighted by Gasteiger charge is -2.31. The molecule has 0 atom stereocenters. The Labute approximate surface area is 124 Å². The third kappa shape index (κ3) is 4.26. The van der Waals surface area contributed by atoms with Gasteiger partial charge in [0, 0.05) is 44.4 Å². The summed E-state index contributed by atoms with van der Waals surface area (Å²) < 4.78 is 7.93. The molecule has 3 rings (SSSR count). The van der Waals surface area contributed by atoms with E-state index in [0.29, 0.717) is 6.01 Å². The van der Waals surface area contributed by atoms with Crippen molar-refractivity contribution in [3.8, 4) is 6.01 Å². The fourth-order valence-electron chi connectivity index (χ4n) is 2.64. The molecule has 0 N–H and O–H groups in total.